The second-order valence-electron chi connectivity index (χ2n) is 4.87. The maximum atomic E-state index is 12.3. The third-order valence-corrected chi connectivity index (χ3v) is 3.63. The van der Waals surface area contributed by atoms with Crippen LogP contribution in [0.5, 0.6) is 0 Å². The number of ether oxygens (including phenoxy) is 4. The molecule has 1 rings (SSSR count). The average Bonchev–Trinajstić information content (AvgIpc) is 3.21. The lowest BCUT2D eigenvalue weighted by molar-refractivity contribution is -0.179. The van der Waals surface area contributed by atoms with E-state index >= 15 is 0 Å². The molecule has 1 fully saturated rings. The summed E-state index contributed by atoms with van der Waals surface area (Å²) in [7, 11) is 0. The van der Waals surface area contributed by atoms with Crippen molar-refractivity contribution in [3.05, 3.63) is 0 Å². The summed E-state index contributed by atoms with van der Waals surface area (Å²) in [6.07, 6.45) is -0.380. The predicted molar refractivity (Wildman–Crippen MR) is 76.0 cm³/mol. The fraction of sp³-hybridized carbons (Fsp3) is 0.733. The standard InChI is InChI=1S/C15H22O8/c1-5-20-10(16)14(11(17)21-6-2)9-15(14,12(18)22-7-3)13(19)23-8-4/h5-9H2,1-4H3. The van der Waals surface area contributed by atoms with Crippen molar-refractivity contribution >= 4 is 23.9 Å². The van der Waals surface area contributed by atoms with E-state index in [1.807, 2.05) is 0 Å². The van der Waals surface area contributed by atoms with Gasteiger partial charge >= 0.3 is 23.9 Å². The van der Waals surface area contributed by atoms with Gasteiger partial charge in [-0.05, 0) is 27.7 Å². The molecule has 0 unspecified atom stereocenters. The Kier molecular flexibility index (Phi) is 6.12. The van der Waals surface area contributed by atoms with Crippen molar-refractivity contribution in [2.24, 2.45) is 10.8 Å². The molecule has 0 aromatic rings. The lowest BCUT2D eigenvalue weighted by Crippen LogP contribution is -2.44. The minimum atomic E-state index is -2.04. The van der Waals surface area contributed by atoms with Crippen LogP contribution in [0.4, 0.5) is 0 Å². The topological polar surface area (TPSA) is 105 Å². The first-order valence-electron chi connectivity index (χ1n) is 7.57. The molecule has 0 radical (unpaired) electrons. The molecule has 8 nitrogen and oxygen atoms in total. The highest BCUT2D eigenvalue weighted by atomic mass is 16.6. The summed E-state index contributed by atoms with van der Waals surface area (Å²) in [5, 5.41) is 0. The molecule has 0 aromatic heterocycles. The first-order chi connectivity index (χ1) is 10.9. The van der Waals surface area contributed by atoms with Crippen LogP contribution in [0, 0.1) is 10.8 Å². The van der Waals surface area contributed by atoms with Crippen molar-refractivity contribution in [3.8, 4) is 0 Å². The maximum Gasteiger partial charge on any atom is 0.325 e. The Morgan fingerprint density at radius 1 is 0.609 bits per heavy atom. The van der Waals surface area contributed by atoms with Gasteiger partial charge in [-0.2, -0.15) is 0 Å². The minimum absolute atomic E-state index is 0.0122. The van der Waals surface area contributed by atoms with Crippen LogP contribution in [0.3, 0.4) is 0 Å². The van der Waals surface area contributed by atoms with Crippen molar-refractivity contribution in [1.82, 2.24) is 0 Å². The molecular weight excluding hydrogens is 308 g/mol. The van der Waals surface area contributed by atoms with Crippen LogP contribution in [-0.2, 0) is 38.1 Å². The molecule has 0 N–H and O–H groups in total. The van der Waals surface area contributed by atoms with Crippen molar-refractivity contribution in [2.75, 3.05) is 26.4 Å². The van der Waals surface area contributed by atoms with Gasteiger partial charge in [0.1, 0.15) is 0 Å². The Morgan fingerprint density at radius 3 is 1.00 bits per heavy atom. The zero-order chi connectivity index (χ0) is 17.7. The first-order valence-corrected chi connectivity index (χ1v) is 7.57. The van der Waals surface area contributed by atoms with Gasteiger partial charge in [0.15, 0.2) is 10.8 Å². The molecule has 130 valence electrons. The van der Waals surface area contributed by atoms with E-state index in [-0.39, 0.29) is 32.8 Å². The van der Waals surface area contributed by atoms with E-state index in [0.29, 0.717) is 0 Å². The number of hydrogen-bond acceptors (Lipinski definition) is 8. The van der Waals surface area contributed by atoms with E-state index in [9.17, 15) is 19.2 Å². The van der Waals surface area contributed by atoms with Crippen LogP contribution >= 0.6 is 0 Å². The molecule has 0 aromatic carbocycles. The highest BCUT2D eigenvalue weighted by molar-refractivity contribution is 6.20. The second kappa shape index (κ2) is 7.43. The molecular formula is C15H22O8. The molecule has 0 spiro atoms. The number of hydrogen-bond donors (Lipinski definition) is 0. The molecule has 0 saturated heterocycles. The van der Waals surface area contributed by atoms with Crippen molar-refractivity contribution < 1.29 is 38.1 Å². The molecule has 1 aliphatic carbocycles. The van der Waals surface area contributed by atoms with E-state index in [0.717, 1.165) is 0 Å². The maximum absolute atomic E-state index is 12.3. The zero-order valence-corrected chi connectivity index (χ0v) is 13.8. The molecule has 8 heteroatoms. The van der Waals surface area contributed by atoms with Crippen LogP contribution < -0.4 is 0 Å². The van der Waals surface area contributed by atoms with E-state index in [1.165, 1.54) is 0 Å². The molecule has 0 amide bonds. The average molecular weight is 330 g/mol. The van der Waals surface area contributed by atoms with E-state index in [1.54, 1.807) is 27.7 Å². The number of carbonyl (C=O) groups excluding carboxylic acids is 4. The van der Waals surface area contributed by atoms with Crippen molar-refractivity contribution in [3.63, 3.8) is 0 Å². The normalized spacial score (nSPS) is 16.9. The molecule has 0 atom stereocenters. The Bertz CT molecular complexity index is 416. The third kappa shape index (κ3) is 2.89. The van der Waals surface area contributed by atoms with Gasteiger partial charge in [0.2, 0.25) is 0 Å². The van der Waals surface area contributed by atoms with Gasteiger partial charge < -0.3 is 18.9 Å². The Balaban J connectivity index is 3.34. The second-order valence-corrected chi connectivity index (χ2v) is 4.87. The Labute approximate surface area is 134 Å². The van der Waals surface area contributed by atoms with Crippen LogP contribution in [-0.4, -0.2) is 50.3 Å². The van der Waals surface area contributed by atoms with Crippen LogP contribution in [0.25, 0.3) is 0 Å². The molecule has 1 aliphatic rings. The third-order valence-electron chi connectivity index (χ3n) is 3.63. The predicted octanol–water partition coefficient (Wildman–Crippen LogP) is 0.615. The summed E-state index contributed by atoms with van der Waals surface area (Å²) in [4.78, 5) is 49.4. The smallest absolute Gasteiger partial charge is 0.325 e. The molecule has 0 heterocycles. The van der Waals surface area contributed by atoms with E-state index in [4.69, 9.17) is 18.9 Å². The van der Waals surface area contributed by atoms with Crippen molar-refractivity contribution in [2.45, 2.75) is 34.1 Å². The molecule has 0 bridgehead atoms. The highest BCUT2D eigenvalue weighted by Crippen LogP contribution is 2.66. The van der Waals surface area contributed by atoms with Gasteiger partial charge in [-0.1, -0.05) is 0 Å². The quantitative estimate of drug-likeness (QED) is 0.362. The summed E-state index contributed by atoms with van der Waals surface area (Å²) in [5.41, 5.74) is -4.09. The lowest BCUT2D eigenvalue weighted by atomic mass is 9.92. The SMILES string of the molecule is CCOC(=O)C1(C(=O)OCC)CC1(C(=O)OCC)C(=O)OCC. The summed E-state index contributed by atoms with van der Waals surface area (Å²) in [6, 6.07) is 0. The van der Waals surface area contributed by atoms with Gasteiger partial charge in [-0.3, -0.25) is 19.2 Å². The summed E-state index contributed by atoms with van der Waals surface area (Å²) >= 11 is 0. The van der Waals surface area contributed by atoms with E-state index < -0.39 is 34.7 Å². The van der Waals surface area contributed by atoms with Gasteiger partial charge in [-0.25, -0.2) is 0 Å². The highest BCUT2D eigenvalue weighted by Gasteiger charge is 2.88. The lowest BCUT2D eigenvalue weighted by Gasteiger charge is -2.20. The molecule has 23 heavy (non-hydrogen) atoms. The Morgan fingerprint density at radius 2 is 0.826 bits per heavy atom. The van der Waals surface area contributed by atoms with Crippen LogP contribution in [0.15, 0.2) is 0 Å². The summed E-state index contributed by atoms with van der Waals surface area (Å²) in [6.45, 7) is 6.16. The van der Waals surface area contributed by atoms with Gasteiger partial charge in [0.05, 0.1) is 26.4 Å². The summed E-state index contributed by atoms with van der Waals surface area (Å²) < 4.78 is 19.6. The molecule has 1 saturated carbocycles. The first kappa shape index (κ1) is 18.9. The fourth-order valence-corrected chi connectivity index (χ4v) is 2.52. The van der Waals surface area contributed by atoms with Gasteiger partial charge in [0, 0.05) is 6.42 Å². The number of esters is 4. The Hall–Kier alpha value is -2.12. The fourth-order valence-electron chi connectivity index (χ4n) is 2.52. The van der Waals surface area contributed by atoms with Gasteiger partial charge in [-0.15, -0.1) is 0 Å². The summed E-state index contributed by atoms with van der Waals surface area (Å²) in [5.74, 6) is -3.95. The largest absolute Gasteiger partial charge is 0.465 e. The van der Waals surface area contributed by atoms with Crippen molar-refractivity contribution in [1.29, 1.82) is 0 Å². The van der Waals surface area contributed by atoms with Gasteiger partial charge in [0.25, 0.3) is 0 Å². The monoisotopic (exact) mass is 330 g/mol. The number of rotatable bonds is 8. The van der Waals surface area contributed by atoms with Crippen LogP contribution in [0.1, 0.15) is 34.1 Å². The zero-order valence-electron chi connectivity index (χ0n) is 13.8. The number of carbonyl (C=O) groups is 4. The molecule has 0 aliphatic heterocycles. The minimum Gasteiger partial charge on any atom is -0.465 e. The van der Waals surface area contributed by atoms with E-state index in [2.05, 4.69) is 0 Å². The van der Waals surface area contributed by atoms with Crippen LogP contribution in [0.2, 0.25) is 0 Å².